The molecule has 0 radical (unpaired) electrons. The van der Waals surface area contributed by atoms with Crippen LogP contribution in [0.1, 0.15) is 19.8 Å². The fourth-order valence-electron chi connectivity index (χ4n) is 3.49. The Morgan fingerprint density at radius 1 is 1.19 bits per heavy atom. The first-order chi connectivity index (χ1) is 12.9. The molecule has 2 aromatic carbocycles. The van der Waals surface area contributed by atoms with E-state index in [4.69, 9.17) is 4.74 Å². The molecule has 1 amide bonds. The minimum Gasteiger partial charge on any atom is -0.383 e. The molecule has 1 fully saturated rings. The third-order valence-corrected chi connectivity index (χ3v) is 6.88. The quantitative estimate of drug-likeness (QED) is 0.822. The van der Waals surface area contributed by atoms with Gasteiger partial charge in [-0.1, -0.05) is 30.3 Å². The Hall–Kier alpha value is -1.96. The van der Waals surface area contributed by atoms with Gasteiger partial charge in [0.25, 0.3) is 0 Å². The van der Waals surface area contributed by atoms with Gasteiger partial charge in [0.2, 0.25) is 15.9 Å². The van der Waals surface area contributed by atoms with Crippen molar-refractivity contribution in [3.8, 4) is 0 Å². The van der Waals surface area contributed by atoms with Gasteiger partial charge >= 0.3 is 0 Å². The Balaban J connectivity index is 1.66. The van der Waals surface area contributed by atoms with Crippen LogP contribution in [-0.2, 0) is 19.6 Å². The second-order valence-corrected chi connectivity index (χ2v) is 8.99. The molecule has 1 aliphatic heterocycles. The van der Waals surface area contributed by atoms with E-state index >= 15 is 0 Å². The second-order valence-electron chi connectivity index (χ2n) is 7.05. The highest BCUT2D eigenvalue weighted by molar-refractivity contribution is 7.89. The van der Waals surface area contributed by atoms with Gasteiger partial charge in [-0.15, -0.1) is 0 Å². The lowest BCUT2D eigenvalue weighted by molar-refractivity contribution is -0.127. The number of nitrogens with one attached hydrogen (secondary N) is 1. The van der Waals surface area contributed by atoms with Crippen molar-refractivity contribution in [1.29, 1.82) is 0 Å². The maximum absolute atomic E-state index is 13.0. The van der Waals surface area contributed by atoms with Crippen LogP contribution in [0.3, 0.4) is 0 Å². The first kappa shape index (κ1) is 19.8. The molecular formula is C20H26N2O4S. The molecule has 6 nitrogen and oxygen atoms in total. The third-order valence-electron chi connectivity index (χ3n) is 4.99. The number of ether oxygens (including phenoxy) is 1. The number of fused-ring (bicyclic) bond motifs is 1. The molecule has 2 aromatic rings. The van der Waals surface area contributed by atoms with E-state index in [1.54, 1.807) is 19.2 Å². The van der Waals surface area contributed by atoms with Gasteiger partial charge in [0.1, 0.15) is 0 Å². The molecule has 0 saturated carbocycles. The van der Waals surface area contributed by atoms with E-state index in [1.165, 1.54) is 4.31 Å². The minimum atomic E-state index is -3.55. The van der Waals surface area contributed by atoms with Crippen LogP contribution in [0.5, 0.6) is 0 Å². The summed E-state index contributed by atoms with van der Waals surface area (Å²) in [6.45, 7) is 3.06. The number of hydrogen-bond acceptors (Lipinski definition) is 4. The van der Waals surface area contributed by atoms with Crippen molar-refractivity contribution in [3.63, 3.8) is 0 Å². The molecule has 27 heavy (non-hydrogen) atoms. The van der Waals surface area contributed by atoms with Gasteiger partial charge in [-0.3, -0.25) is 4.79 Å². The van der Waals surface area contributed by atoms with Crippen molar-refractivity contribution >= 4 is 26.7 Å². The largest absolute Gasteiger partial charge is 0.383 e. The van der Waals surface area contributed by atoms with Crippen molar-refractivity contribution in [3.05, 3.63) is 42.5 Å². The molecule has 1 aliphatic rings. The normalized spacial score (nSPS) is 17.7. The average Bonchev–Trinajstić information content (AvgIpc) is 2.67. The Kier molecular flexibility index (Phi) is 6.14. The predicted octanol–water partition coefficient (Wildman–Crippen LogP) is 2.39. The Labute approximate surface area is 160 Å². The van der Waals surface area contributed by atoms with Crippen LogP contribution in [-0.4, -0.2) is 51.5 Å². The molecule has 1 heterocycles. The summed E-state index contributed by atoms with van der Waals surface area (Å²) in [5.74, 6) is -0.185. The first-order valence-electron chi connectivity index (χ1n) is 9.20. The number of carbonyl (C=O) groups excluding carboxylic acids is 1. The van der Waals surface area contributed by atoms with E-state index in [2.05, 4.69) is 5.32 Å². The van der Waals surface area contributed by atoms with Gasteiger partial charge in [0.15, 0.2) is 0 Å². The lowest BCUT2D eigenvalue weighted by Gasteiger charge is -2.31. The number of nitrogens with zero attached hydrogens (tertiary/aromatic N) is 1. The van der Waals surface area contributed by atoms with Crippen LogP contribution in [0.2, 0.25) is 0 Å². The Morgan fingerprint density at radius 2 is 1.85 bits per heavy atom. The summed E-state index contributed by atoms with van der Waals surface area (Å²) in [5, 5.41) is 4.84. The topological polar surface area (TPSA) is 75.7 Å². The minimum absolute atomic E-state index is 0.0256. The summed E-state index contributed by atoms with van der Waals surface area (Å²) in [4.78, 5) is 12.6. The molecule has 1 saturated heterocycles. The summed E-state index contributed by atoms with van der Waals surface area (Å²) in [6, 6.07) is 12.8. The molecule has 0 aromatic heterocycles. The third kappa shape index (κ3) is 4.48. The van der Waals surface area contributed by atoms with Gasteiger partial charge < -0.3 is 10.1 Å². The van der Waals surface area contributed by atoms with Crippen LogP contribution in [0.25, 0.3) is 10.8 Å². The van der Waals surface area contributed by atoms with Gasteiger partial charge in [0.05, 0.1) is 11.5 Å². The zero-order chi connectivity index (χ0) is 19.4. The number of amides is 1. The van der Waals surface area contributed by atoms with E-state index in [0.29, 0.717) is 37.4 Å². The van der Waals surface area contributed by atoms with Crippen LogP contribution >= 0.6 is 0 Å². The molecule has 0 aliphatic carbocycles. The molecule has 1 atom stereocenters. The smallest absolute Gasteiger partial charge is 0.243 e. The molecule has 146 valence electrons. The number of hydrogen-bond donors (Lipinski definition) is 1. The summed E-state index contributed by atoms with van der Waals surface area (Å²) >= 11 is 0. The molecule has 0 unspecified atom stereocenters. The van der Waals surface area contributed by atoms with Gasteiger partial charge in [0, 0.05) is 32.2 Å². The molecule has 0 bridgehead atoms. The van der Waals surface area contributed by atoms with Crippen molar-refractivity contribution in [2.24, 2.45) is 5.92 Å². The number of benzene rings is 2. The summed E-state index contributed by atoms with van der Waals surface area (Å²) in [7, 11) is -1.96. The number of methoxy groups -OCH3 is 1. The first-order valence-corrected chi connectivity index (χ1v) is 10.6. The standard InChI is InChI=1S/C20H26N2O4S/c1-15(14-26-2)21-20(23)17-9-11-22(12-10-17)27(24,25)19-8-7-16-5-3-4-6-18(16)13-19/h3-8,13,15,17H,9-12,14H2,1-2H3,(H,21,23)/t15-/m1/s1. The molecular weight excluding hydrogens is 364 g/mol. The number of carbonyl (C=O) groups is 1. The number of piperidine rings is 1. The maximum Gasteiger partial charge on any atom is 0.243 e. The number of sulfonamides is 1. The van der Waals surface area contributed by atoms with Crippen molar-refractivity contribution in [2.75, 3.05) is 26.8 Å². The van der Waals surface area contributed by atoms with E-state index in [1.807, 2.05) is 37.3 Å². The molecule has 7 heteroatoms. The molecule has 0 spiro atoms. The van der Waals surface area contributed by atoms with Gasteiger partial charge in [-0.25, -0.2) is 8.42 Å². The van der Waals surface area contributed by atoms with E-state index in [9.17, 15) is 13.2 Å². The lowest BCUT2D eigenvalue weighted by Crippen LogP contribution is -2.45. The summed E-state index contributed by atoms with van der Waals surface area (Å²) < 4.78 is 32.5. The van der Waals surface area contributed by atoms with E-state index in [0.717, 1.165) is 10.8 Å². The zero-order valence-corrected chi connectivity index (χ0v) is 16.5. The highest BCUT2D eigenvalue weighted by Crippen LogP contribution is 2.26. The fourth-order valence-corrected chi connectivity index (χ4v) is 4.99. The van der Waals surface area contributed by atoms with Crippen LogP contribution < -0.4 is 5.32 Å². The van der Waals surface area contributed by atoms with E-state index in [-0.39, 0.29) is 17.9 Å². The average molecular weight is 391 g/mol. The second kappa shape index (κ2) is 8.37. The van der Waals surface area contributed by atoms with Crippen LogP contribution in [0, 0.1) is 5.92 Å². The van der Waals surface area contributed by atoms with Gasteiger partial charge in [-0.2, -0.15) is 4.31 Å². The van der Waals surface area contributed by atoms with E-state index < -0.39 is 10.0 Å². The highest BCUT2D eigenvalue weighted by Gasteiger charge is 2.32. The Morgan fingerprint density at radius 3 is 2.52 bits per heavy atom. The van der Waals surface area contributed by atoms with Crippen LogP contribution in [0.15, 0.2) is 47.4 Å². The monoisotopic (exact) mass is 390 g/mol. The van der Waals surface area contributed by atoms with Gasteiger partial charge in [-0.05, 0) is 42.7 Å². The fraction of sp³-hybridized carbons (Fsp3) is 0.450. The van der Waals surface area contributed by atoms with Crippen molar-refractivity contribution < 1.29 is 17.9 Å². The Bertz CT molecular complexity index is 905. The van der Waals surface area contributed by atoms with Crippen LogP contribution in [0.4, 0.5) is 0 Å². The highest BCUT2D eigenvalue weighted by atomic mass is 32.2. The number of rotatable bonds is 6. The van der Waals surface area contributed by atoms with Crippen molar-refractivity contribution in [2.45, 2.75) is 30.7 Å². The summed E-state index contributed by atoms with van der Waals surface area (Å²) in [6.07, 6.45) is 1.05. The molecule has 1 N–H and O–H groups in total. The lowest BCUT2D eigenvalue weighted by atomic mass is 9.97. The summed E-state index contributed by atoms with van der Waals surface area (Å²) in [5.41, 5.74) is 0. The predicted molar refractivity (Wildman–Crippen MR) is 105 cm³/mol. The molecule has 3 rings (SSSR count). The van der Waals surface area contributed by atoms with Crippen molar-refractivity contribution in [1.82, 2.24) is 9.62 Å². The SMILES string of the molecule is COC[C@@H](C)NC(=O)C1CCN(S(=O)(=O)c2ccc3ccccc3c2)CC1. The maximum atomic E-state index is 13.0. The zero-order valence-electron chi connectivity index (χ0n) is 15.7.